The first-order chi connectivity index (χ1) is 16.0. The number of aryl methyl sites for hydroxylation is 1. The quantitative estimate of drug-likeness (QED) is 0.496. The van der Waals surface area contributed by atoms with Gasteiger partial charge in [-0.25, -0.2) is 0 Å². The van der Waals surface area contributed by atoms with Gasteiger partial charge in [-0.1, -0.05) is 68.1 Å². The van der Waals surface area contributed by atoms with Gasteiger partial charge in [-0.15, -0.1) is 0 Å². The van der Waals surface area contributed by atoms with Gasteiger partial charge in [-0.2, -0.15) is 0 Å². The van der Waals surface area contributed by atoms with E-state index in [0.717, 1.165) is 42.6 Å². The maximum absolute atomic E-state index is 13.4. The third-order valence-corrected chi connectivity index (χ3v) is 6.78. The maximum atomic E-state index is 13.4. The monoisotopic (exact) mass is 470 g/mol. The molecule has 0 spiro atoms. The van der Waals surface area contributed by atoms with Crippen LogP contribution in [0.2, 0.25) is 5.02 Å². The molecule has 1 fully saturated rings. The van der Waals surface area contributed by atoms with Crippen molar-refractivity contribution in [2.24, 2.45) is 0 Å². The molecule has 178 valence electrons. The van der Waals surface area contributed by atoms with E-state index in [9.17, 15) is 9.59 Å². The largest absolute Gasteiger partial charge is 0.497 e. The predicted octanol–water partition coefficient (Wildman–Crippen LogP) is 5.54. The van der Waals surface area contributed by atoms with Crippen molar-refractivity contribution in [3.8, 4) is 5.75 Å². The molecule has 2 aromatic carbocycles. The smallest absolute Gasteiger partial charge is 0.243 e. The summed E-state index contributed by atoms with van der Waals surface area (Å²) in [6.07, 6.45) is 6.95. The molecular formula is C27H35ClN2O3. The molecule has 1 aliphatic rings. The van der Waals surface area contributed by atoms with Crippen LogP contribution in [0.25, 0.3) is 0 Å². The fourth-order valence-electron chi connectivity index (χ4n) is 4.48. The summed E-state index contributed by atoms with van der Waals surface area (Å²) < 4.78 is 5.25. The van der Waals surface area contributed by atoms with Crippen LogP contribution in [0.4, 0.5) is 0 Å². The fourth-order valence-corrected chi connectivity index (χ4v) is 4.71. The molecule has 5 nitrogen and oxygen atoms in total. The van der Waals surface area contributed by atoms with Gasteiger partial charge in [0.15, 0.2) is 0 Å². The zero-order valence-electron chi connectivity index (χ0n) is 19.7. The van der Waals surface area contributed by atoms with Gasteiger partial charge in [0.25, 0.3) is 0 Å². The van der Waals surface area contributed by atoms with Crippen molar-refractivity contribution in [1.29, 1.82) is 0 Å². The van der Waals surface area contributed by atoms with Crippen molar-refractivity contribution in [3.05, 3.63) is 64.7 Å². The highest BCUT2D eigenvalue weighted by atomic mass is 35.5. The molecule has 1 atom stereocenters. The van der Waals surface area contributed by atoms with Gasteiger partial charge in [0.2, 0.25) is 11.8 Å². The van der Waals surface area contributed by atoms with E-state index in [-0.39, 0.29) is 17.9 Å². The molecule has 0 unspecified atom stereocenters. The van der Waals surface area contributed by atoms with Crippen LogP contribution in [0.15, 0.2) is 48.5 Å². The summed E-state index contributed by atoms with van der Waals surface area (Å²) in [4.78, 5) is 28.4. The highest BCUT2D eigenvalue weighted by molar-refractivity contribution is 6.31. The number of carbonyl (C=O) groups excluding carboxylic acids is 2. The summed E-state index contributed by atoms with van der Waals surface area (Å²) >= 11 is 6.29. The summed E-state index contributed by atoms with van der Waals surface area (Å²) in [7, 11) is 1.63. The number of nitrogens with one attached hydrogen (secondary N) is 1. The van der Waals surface area contributed by atoms with Crippen molar-refractivity contribution < 1.29 is 14.3 Å². The van der Waals surface area contributed by atoms with Crippen LogP contribution in [-0.2, 0) is 22.6 Å². The molecule has 33 heavy (non-hydrogen) atoms. The number of amides is 2. The Labute approximate surface area is 202 Å². The fraction of sp³-hybridized carbons (Fsp3) is 0.481. The van der Waals surface area contributed by atoms with Crippen LogP contribution >= 0.6 is 11.6 Å². The Morgan fingerprint density at radius 1 is 1.09 bits per heavy atom. The van der Waals surface area contributed by atoms with Crippen LogP contribution in [0.3, 0.4) is 0 Å². The predicted molar refractivity (Wildman–Crippen MR) is 132 cm³/mol. The molecule has 0 aliphatic heterocycles. The number of benzene rings is 2. The first kappa shape index (κ1) is 25.1. The summed E-state index contributed by atoms with van der Waals surface area (Å²) in [6, 6.07) is 14.9. The van der Waals surface area contributed by atoms with Crippen molar-refractivity contribution in [3.63, 3.8) is 0 Å². The lowest BCUT2D eigenvalue weighted by atomic mass is 9.95. The number of hydrogen-bond acceptors (Lipinski definition) is 3. The van der Waals surface area contributed by atoms with Crippen LogP contribution in [0, 0.1) is 0 Å². The summed E-state index contributed by atoms with van der Waals surface area (Å²) in [5, 5.41) is 3.88. The lowest BCUT2D eigenvalue weighted by Crippen LogP contribution is -2.51. The Balaban J connectivity index is 1.76. The highest BCUT2D eigenvalue weighted by Gasteiger charge is 2.30. The van der Waals surface area contributed by atoms with E-state index in [1.54, 1.807) is 12.0 Å². The summed E-state index contributed by atoms with van der Waals surface area (Å²) in [6.45, 7) is 2.34. The van der Waals surface area contributed by atoms with Gasteiger partial charge >= 0.3 is 0 Å². The maximum Gasteiger partial charge on any atom is 0.243 e. The zero-order chi connectivity index (χ0) is 23.6. The second-order valence-corrected chi connectivity index (χ2v) is 9.14. The van der Waals surface area contributed by atoms with Gasteiger partial charge < -0.3 is 15.0 Å². The SMILES string of the molecule is CC[C@@H](C(=O)NC1CCCCC1)N(Cc1ccc(OC)cc1)C(=O)CCc1ccccc1Cl. The minimum absolute atomic E-state index is 0.0450. The molecule has 6 heteroatoms. The first-order valence-corrected chi connectivity index (χ1v) is 12.4. The molecule has 1 aliphatic carbocycles. The number of hydrogen-bond donors (Lipinski definition) is 1. The summed E-state index contributed by atoms with van der Waals surface area (Å²) in [5.74, 6) is 0.665. The number of halogens is 1. The summed E-state index contributed by atoms with van der Waals surface area (Å²) in [5.41, 5.74) is 1.91. The van der Waals surface area contributed by atoms with Crippen LogP contribution in [-0.4, -0.2) is 35.9 Å². The van der Waals surface area contributed by atoms with Crippen LogP contribution in [0.5, 0.6) is 5.75 Å². The van der Waals surface area contributed by atoms with Gasteiger partial charge in [0, 0.05) is 24.0 Å². The lowest BCUT2D eigenvalue weighted by Gasteiger charge is -2.33. The van der Waals surface area contributed by atoms with Gasteiger partial charge in [-0.3, -0.25) is 9.59 Å². The standard InChI is InChI=1S/C27H35ClN2O3/c1-3-25(27(32)29-22-10-5-4-6-11-22)30(19-20-13-16-23(33-2)17-14-20)26(31)18-15-21-9-7-8-12-24(21)28/h7-9,12-14,16-17,22,25H,3-6,10-11,15,18-19H2,1-2H3,(H,29,32)/t25-/m0/s1. The van der Waals surface area contributed by atoms with Crippen molar-refractivity contribution >= 4 is 23.4 Å². The first-order valence-electron chi connectivity index (χ1n) is 12.0. The number of nitrogens with zero attached hydrogens (tertiary/aromatic N) is 1. The van der Waals surface area contributed by atoms with E-state index in [1.807, 2.05) is 55.5 Å². The number of ether oxygens (including phenoxy) is 1. The molecule has 0 aromatic heterocycles. The van der Waals surface area contributed by atoms with E-state index < -0.39 is 6.04 Å². The van der Waals surface area contributed by atoms with E-state index >= 15 is 0 Å². The second-order valence-electron chi connectivity index (χ2n) is 8.73. The highest BCUT2D eigenvalue weighted by Crippen LogP contribution is 2.22. The minimum atomic E-state index is -0.507. The molecule has 2 amide bonds. The second kappa shape index (κ2) is 12.6. The molecule has 1 saturated carbocycles. The van der Waals surface area contributed by atoms with Gasteiger partial charge in [-0.05, 0) is 55.0 Å². The molecular weight excluding hydrogens is 436 g/mol. The Morgan fingerprint density at radius 2 is 1.79 bits per heavy atom. The third-order valence-electron chi connectivity index (χ3n) is 6.42. The molecule has 0 heterocycles. The average molecular weight is 471 g/mol. The molecule has 0 saturated heterocycles. The average Bonchev–Trinajstić information content (AvgIpc) is 2.84. The van der Waals surface area contributed by atoms with Gasteiger partial charge in [0.1, 0.15) is 11.8 Å². The van der Waals surface area contributed by atoms with Crippen molar-refractivity contribution in [2.45, 2.75) is 76.9 Å². The molecule has 0 bridgehead atoms. The Hall–Kier alpha value is -2.53. The molecule has 1 N–H and O–H groups in total. The van der Waals surface area contributed by atoms with E-state index in [1.165, 1.54) is 6.42 Å². The topological polar surface area (TPSA) is 58.6 Å². The third kappa shape index (κ3) is 7.23. The Bertz CT molecular complexity index is 910. The number of methoxy groups -OCH3 is 1. The van der Waals surface area contributed by atoms with Crippen LogP contribution in [0.1, 0.15) is 63.0 Å². The normalized spacial score (nSPS) is 15.0. The van der Waals surface area contributed by atoms with Gasteiger partial charge in [0.05, 0.1) is 7.11 Å². The Morgan fingerprint density at radius 3 is 2.42 bits per heavy atom. The lowest BCUT2D eigenvalue weighted by molar-refractivity contribution is -0.141. The van der Waals surface area contributed by atoms with E-state index in [4.69, 9.17) is 16.3 Å². The van der Waals surface area contributed by atoms with Crippen LogP contribution < -0.4 is 10.1 Å². The molecule has 2 aromatic rings. The molecule has 3 rings (SSSR count). The Kier molecular flexibility index (Phi) is 9.61. The van der Waals surface area contributed by atoms with E-state index in [2.05, 4.69) is 5.32 Å². The van der Waals surface area contributed by atoms with Crippen molar-refractivity contribution in [2.75, 3.05) is 7.11 Å². The van der Waals surface area contributed by atoms with E-state index in [0.29, 0.717) is 30.8 Å². The number of rotatable bonds is 10. The van der Waals surface area contributed by atoms with Crippen molar-refractivity contribution in [1.82, 2.24) is 10.2 Å². The minimum Gasteiger partial charge on any atom is -0.497 e. The molecule has 0 radical (unpaired) electrons. The zero-order valence-corrected chi connectivity index (χ0v) is 20.4. The number of carbonyl (C=O) groups is 2.